The monoisotopic (exact) mass is 266 g/mol. The molecule has 0 saturated carbocycles. The Morgan fingerprint density at radius 1 is 1.39 bits per heavy atom. The summed E-state index contributed by atoms with van der Waals surface area (Å²) >= 11 is 1.74. The normalized spacial score (nSPS) is 25.4. The van der Waals surface area contributed by atoms with E-state index in [0.29, 0.717) is 16.9 Å². The Morgan fingerprint density at radius 2 is 2.11 bits per heavy atom. The third kappa shape index (κ3) is 3.25. The van der Waals surface area contributed by atoms with Gasteiger partial charge in [0.25, 0.3) is 0 Å². The molecule has 1 aliphatic rings. The summed E-state index contributed by atoms with van der Waals surface area (Å²) in [6.07, 6.45) is 1.10. The quantitative estimate of drug-likeness (QED) is 0.881. The summed E-state index contributed by atoms with van der Waals surface area (Å²) in [5, 5.41) is 4.80. The summed E-state index contributed by atoms with van der Waals surface area (Å²) in [7, 11) is 0. The van der Waals surface area contributed by atoms with Crippen LogP contribution >= 0.6 is 11.8 Å². The van der Waals surface area contributed by atoms with Crippen LogP contribution in [0.3, 0.4) is 0 Å². The van der Waals surface area contributed by atoms with Crippen LogP contribution in [-0.4, -0.2) is 16.5 Å². The van der Waals surface area contributed by atoms with E-state index in [1.165, 1.54) is 6.07 Å². The van der Waals surface area contributed by atoms with Crippen LogP contribution in [0.1, 0.15) is 38.8 Å². The fraction of sp³-hybridized carbons (Fsp3) is 0.500. The molecule has 1 heterocycles. The molecule has 2 nitrogen and oxygen atoms in total. The minimum atomic E-state index is -0.167. The lowest BCUT2D eigenvalue weighted by atomic mass is 10.1. The molecular formula is C14H19FN2S. The SMILES string of the molecule is CC1CC(C)SC(NC(C)c2ccccc2F)=N1. The molecule has 0 radical (unpaired) electrons. The van der Waals surface area contributed by atoms with E-state index < -0.39 is 0 Å². The van der Waals surface area contributed by atoms with Gasteiger partial charge in [-0.2, -0.15) is 0 Å². The molecular weight excluding hydrogens is 247 g/mol. The average Bonchev–Trinajstić information content (AvgIpc) is 2.27. The van der Waals surface area contributed by atoms with Gasteiger partial charge in [0.1, 0.15) is 5.82 Å². The third-order valence-corrected chi connectivity index (χ3v) is 4.08. The topological polar surface area (TPSA) is 24.4 Å². The van der Waals surface area contributed by atoms with Crippen molar-refractivity contribution in [1.82, 2.24) is 5.32 Å². The van der Waals surface area contributed by atoms with Crippen molar-refractivity contribution in [2.45, 2.75) is 44.5 Å². The number of nitrogens with one attached hydrogen (secondary N) is 1. The summed E-state index contributed by atoms with van der Waals surface area (Å²) < 4.78 is 13.7. The van der Waals surface area contributed by atoms with Crippen molar-refractivity contribution < 1.29 is 4.39 Å². The number of halogens is 1. The minimum Gasteiger partial charge on any atom is -0.358 e. The Kier molecular flexibility index (Phi) is 4.27. The molecule has 1 aromatic rings. The second-order valence-corrected chi connectivity index (χ2v) is 6.26. The molecule has 1 N–H and O–H groups in total. The summed E-state index contributed by atoms with van der Waals surface area (Å²) in [4.78, 5) is 4.57. The minimum absolute atomic E-state index is 0.0602. The Bertz CT molecular complexity index is 447. The number of nitrogens with zero attached hydrogens (tertiary/aromatic N) is 1. The van der Waals surface area contributed by atoms with Crippen molar-refractivity contribution in [2.24, 2.45) is 4.99 Å². The number of benzene rings is 1. The van der Waals surface area contributed by atoms with Gasteiger partial charge in [0, 0.05) is 10.8 Å². The Balaban J connectivity index is 2.08. The zero-order valence-electron chi connectivity index (χ0n) is 11.0. The first kappa shape index (κ1) is 13.4. The number of amidine groups is 1. The molecule has 98 valence electrons. The van der Waals surface area contributed by atoms with E-state index in [0.717, 1.165) is 11.6 Å². The molecule has 3 unspecified atom stereocenters. The number of aliphatic imine (C=N–C) groups is 1. The van der Waals surface area contributed by atoms with E-state index >= 15 is 0 Å². The van der Waals surface area contributed by atoms with Crippen molar-refractivity contribution >= 4 is 16.9 Å². The van der Waals surface area contributed by atoms with Gasteiger partial charge < -0.3 is 5.32 Å². The molecule has 18 heavy (non-hydrogen) atoms. The Morgan fingerprint density at radius 3 is 2.78 bits per heavy atom. The molecule has 1 aromatic carbocycles. The molecule has 0 bridgehead atoms. The first-order chi connectivity index (χ1) is 8.56. The van der Waals surface area contributed by atoms with Gasteiger partial charge in [-0.15, -0.1) is 0 Å². The van der Waals surface area contributed by atoms with Crippen molar-refractivity contribution in [3.05, 3.63) is 35.6 Å². The smallest absolute Gasteiger partial charge is 0.157 e. The highest BCUT2D eigenvalue weighted by atomic mass is 32.2. The van der Waals surface area contributed by atoms with E-state index in [1.807, 2.05) is 19.1 Å². The van der Waals surface area contributed by atoms with Crippen LogP contribution in [0.2, 0.25) is 0 Å². The van der Waals surface area contributed by atoms with Gasteiger partial charge in [-0.05, 0) is 26.3 Å². The van der Waals surface area contributed by atoms with Crippen molar-refractivity contribution in [3.63, 3.8) is 0 Å². The molecule has 0 aromatic heterocycles. The molecule has 0 saturated heterocycles. The van der Waals surface area contributed by atoms with Gasteiger partial charge >= 0.3 is 0 Å². The molecule has 4 heteroatoms. The van der Waals surface area contributed by atoms with Gasteiger partial charge in [-0.1, -0.05) is 36.9 Å². The summed E-state index contributed by atoms with van der Waals surface area (Å²) in [5.41, 5.74) is 0.687. The summed E-state index contributed by atoms with van der Waals surface area (Å²) in [6, 6.07) is 7.16. The number of hydrogen-bond donors (Lipinski definition) is 1. The van der Waals surface area contributed by atoms with E-state index in [9.17, 15) is 4.39 Å². The van der Waals surface area contributed by atoms with Crippen LogP contribution in [-0.2, 0) is 0 Å². The van der Waals surface area contributed by atoms with E-state index in [2.05, 4.69) is 24.2 Å². The Labute approximate surface area is 112 Å². The number of rotatable bonds is 2. The van der Waals surface area contributed by atoms with Gasteiger partial charge in [0.05, 0.1) is 12.1 Å². The fourth-order valence-corrected chi connectivity index (χ4v) is 3.40. The van der Waals surface area contributed by atoms with Crippen molar-refractivity contribution in [3.8, 4) is 0 Å². The molecule has 0 amide bonds. The van der Waals surface area contributed by atoms with Crippen molar-refractivity contribution in [1.29, 1.82) is 0 Å². The second kappa shape index (κ2) is 5.74. The lowest BCUT2D eigenvalue weighted by Gasteiger charge is -2.25. The maximum atomic E-state index is 13.7. The van der Waals surface area contributed by atoms with Gasteiger partial charge in [-0.3, -0.25) is 4.99 Å². The average molecular weight is 266 g/mol. The number of thioether (sulfide) groups is 1. The highest BCUT2D eigenvalue weighted by Gasteiger charge is 2.20. The van der Waals surface area contributed by atoms with Crippen LogP contribution in [0.4, 0.5) is 4.39 Å². The number of hydrogen-bond acceptors (Lipinski definition) is 3. The predicted molar refractivity (Wildman–Crippen MR) is 76.5 cm³/mol. The van der Waals surface area contributed by atoms with E-state index in [-0.39, 0.29) is 11.9 Å². The highest BCUT2D eigenvalue weighted by Crippen LogP contribution is 2.26. The van der Waals surface area contributed by atoms with Crippen LogP contribution in [0.5, 0.6) is 0 Å². The Hall–Kier alpha value is -1.03. The summed E-state index contributed by atoms with van der Waals surface area (Å²) in [6.45, 7) is 6.28. The zero-order valence-corrected chi connectivity index (χ0v) is 11.8. The molecule has 1 aliphatic heterocycles. The standard InChI is InChI=1S/C14H19FN2S/c1-9-8-10(2)18-14(16-9)17-11(3)12-6-4-5-7-13(12)15/h4-7,9-11H,8H2,1-3H3,(H,16,17). The molecule has 0 fully saturated rings. The largest absolute Gasteiger partial charge is 0.358 e. The molecule has 2 rings (SSSR count). The summed E-state index contributed by atoms with van der Waals surface area (Å²) in [5.74, 6) is -0.167. The van der Waals surface area contributed by atoms with E-state index in [1.54, 1.807) is 17.8 Å². The maximum Gasteiger partial charge on any atom is 0.157 e. The highest BCUT2D eigenvalue weighted by molar-refractivity contribution is 8.14. The van der Waals surface area contributed by atoms with Gasteiger partial charge in [0.2, 0.25) is 0 Å². The first-order valence-electron chi connectivity index (χ1n) is 6.31. The van der Waals surface area contributed by atoms with Crippen LogP contribution in [0.15, 0.2) is 29.3 Å². The molecule has 3 atom stereocenters. The van der Waals surface area contributed by atoms with Crippen LogP contribution in [0.25, 0.3) is 0 Å². The second-order valence-electron chi connectivity index (χ2n) is 4.83. The third-order valence-electron chi connectivity index (χ3n) is 3.04. The van der Waals surface area contributed by atoms with E-state index in [4.69, 9.17) is 0 Å². The lowest BCUT2D eigenvalue weighted by molar-refractivity contribution is 0.577. The van der Waals surface area contributed by atoms with Gasteiger partial charge in [0.15, 0.2) is 5.17 Å². The maximum absolute atomic E-state index is 13.7. The fourth-order valence-electron chi connectivity index (χ4n) is 2.16. The lowest BCUT2D eigenvalue weighted by Crippen LogP contribution is -2.31. The predicted octanol–water partition coefficient (Wildman–Crippen LogP) is 3.75. The molecule has 0 spiro atoms. The zero-order chi connectivity index (χ0) is 13.1. The van der Waals surface area contributed by atoms with Gasteiger partial charge in [-0.25, -0.2) is 4.39 Å². The van der Waals surface area contributed by atoms with Crippen LogP contribution < -0.4 is 5.32 Å². The first-order valence-corrected chi connectivity index (χ1v) is 7.19. The molecule has 0 aliphatic carbocycles. The van der Waals surface area contributed by atoms with Crippen LogP contribution in [0, 0.1) is 5.82 Å². The van der Waals surface area contributed by atoms with Crippen molar-refractivity contribution in [2.75, 3.05) is 0 Å².